The number of hydrogen-bond acceptors (Lipinski definition) is 6. The first-order valence-corrected chi connectivity index (χ1v) is 12.5. The van der Waals surface area contributed by atoms with Crippen LogP contribution < -0.4 is 9.47 Å². The summed E-state index contributed by atoms with van der Waals surface area (Å²) < 4.78 is 43.8. The number of sulfonamides is 1. The fourth-order valence-electron chi connectivity index (χ4n) is 3.70. The Kier molecular flexibility index (Phi) is 7.53. The Morgan fingerprint density at radius 1 is 1.00 bits per heavy atom. The number of morpholine rings is 1. The Morgan fingerprint density at radius 2 is 1.71 bits per heavy atom. The van der Waals surface area contributed by atoms with Crippen molar-refractivity contribution in [3.05, 3.63) is 88.4 Å². The molecule has 0 bridgehead atoms. The molecule has 3 aromatic carbocycles. The molecule has 3 aromatic rings. The van der Waals surface area contributed by atoms with Crippen LogP contribution >= 0.6 is 11.6 Å². The van der Waals surface area contributed by atoms with Crippen LogP contribution in [0.2, 0.25) is 5.02 Å². The number of rotatable bonds is 7. The molecule has 1 saturated heterocycles. The smallest absolute Gasteiger partial charge is 0.347 e. The van der Waals surface area contributed by atoms with E-state index in [4.69, 9.17) is 25.8 Å². The lowest BCUT2D eigenvalue weighted by molar-refractivity contribution is 0.0725. The molecule has 1 heterocycles. The van der Waals surface area contributed by atoms with Crippen molar-refractivity contribution in [3.63, 3.8) is 0 Å². The molecule has 4 rings (SSSR count). The summed E-state index contributed by atoms with van der Waals surface area (Å²) in [7, 11) is -2.39. The first-order chi connectivity index (χ1) is 16.4. The second-order valence-corrected chi connectivity index (χ2v) is 10.1. The maximum Gasteiger partial charge on any atom is 0.347 e. The van der Waals surface area contributed by atoms with Crippen molar-refractivity contribution in [1.82, 2.24) is 4.31 Å². The van der Waals surface area contributed by atoms with E-state index < -0.39 is 16.0 Å². The molecule has 0 saturated carbocycles. The van der Waals surface area contributed by atoms with Gasteiger partial charge < -0.3 is 14.2 Å². The molecular formula is C25H24ClNO6S. The molecule has 0 unspecified atom stereocenters. The van der Waals surface area contributed by atoms with Crippen LogP contribution in [0.25, 0.3) is 0 Å². The van der Waals surface area contributed by atoms with E-state index in [1.165, 1.54) is 29.6 Å². The average Bonchev–Trinajstić information content (AvgIpc) is 2.86. The van der Waals surface area contributed by atoms with Gasteiger partial charge in [-0.2, -0.15) is 4.31 Å². The highest BCUT2D eigenvalue weighted by Crippen LogP contribution is 2.29. The summed E-state index contributed by atoms with van der Waals surface area (Å²) in [6.07, 6.45) is 0.507. The van der Waals surface area contributed by atoms with Crippen LogP contribution in [0.1, 0.15) is 21.5 Å². The van der Waals surface area contributed by atoms with Crippen LogP contribution in [0.4, 0.5) is 0 Å². The van der Waals surface area contributed by atoms with Gasteiger partial charge in [0.25, 0.3) is 0 Å². The predicted octanol–water partition coefficient (Wildman–Crippen LogP) is 4.18. The minimum absolute atomic E-state index is 0.0113. The zero-order valence-electron chi connectivity index (χ0n) is 18.6. The van der Waals surface area contributed by atoms with Gasteiger partial charge >= 0.3 is 5.97 Å². The van der Waals surface area contributed by atoms with E-state index in [1.54, 1.807) is 18.2 Å². The maximum atomic E-state index is 13.2. The fraction of sp³-hybridized carbons (Fsp3) is 0.240. The Balaban J connectivity index is 1.64. The van der Waals surface area contributed by atoms with Gasteiger partial charge in [0.2, 0.25) is 10.0 Å². The van der Waals surface area contributed by atoms with Crippen molar-refractivity contribution in [1.29, 1.82) is 0 Å². The van der Waals surface area contributed by atoms with E-state index in [2.05, 4.69) is 0 Å². The van der Waals surface area contributed by atoms with Crippen LogP contribution in [-0.2, 0) is 21.2 Å². The predicted molar refractivity (Wildman–Crippen MR) is 128 cm³/mol. The Hall–Kier alpha value is -2.91. The summed E-state index contributed by atoms with van der Waals surface area (Å²) in [6, 6.07) is 18.9. The van der Waals surface area contributed by atoms with Crippen molar-refractivity contribution in [2.75, 3.05) is 33.4 Å². The molecule has 1 fully saturated rings. The number of methoxy groups -OCH3 is 1. The van der Waals surface area contributed by atoms with Gasteiger partial charge in [0.1, 0.15) is 17.1 Å². The fourth-order valence-corrected chi connectivity index (χ4v) is 5.33. The Bertz CT molecular complexity index is 1270. The lowest BCUT2D eigenvalue weighted by Gasteiger charge is -2.26. The van der Waals surface area contributed by atoms with Gasteiger partial charge in [0, 0.05) is 30.1 Å². The number of halogens is 1. The summed E-state index contributed by atoms with van der Waals surface area (Å²) >= 11 is 6.19. The molecule has 0 aliphatic carbocycles. The molecule has 7 nitrogen and oxygen atoms in total. The highest BCUT2D eigenvalue weighted by atomic mass is 35.5. The molecule has 9 heteroatoms. The molecule has 0 aromatic heterocycles. The first-order valence-electron chi connectivity index (χ1n) is 10.7. The number of ether oxygens (including phenoxy) is 3. The molecule has 0 radical (unpaired) electrons. The number of hydrogen-bond donors (Lipinski definition) is 0. The molecule has 0 amide bonds. The first kappa shape index (κ1) is 24.2. The normalized spacial score (nSPS) is 14.5. The summed E-state index contributed by atoms with van der Waals surface area (Å²) in [5, 5.41) is 0.516. The second-order valence-electron chi connectivity index (χ2n) is 7.68. The van der Waals surface area contributed by atoms with Crippen LogP contribution in [0, 0.1) is 0 Å². The zero-order valence-corrected chi connectivity index (χ0v) is 20.1. The number of nitrogens with zero attached hydrogens (tertiary/aromatic N) is 1. The van der Waals surface area contributed by atoms with Gasteiger partial charge in [-0.15, -0.1) is 0 Å². The van der Waals surface area contributed by atoms with E-state index in [0.717, 1.165) is 11.1 Å². The average molecular weight is 502 g/mol. The monoisotopic (exact) mass is 501 g/mol. The van der Waals surface area contributed by atoms with Crippen molar-refractivity contribution in [3.8, 4) is 11.5 Å². The number of benzene rings is 3. The zero-order chi connectivity index (χ0) is 24.1. The summed E-state index contributed by atoms with van der Waals surface area (Å²) in [4.78, 5) is 13.2. The van der Waals surface area contributed by atoms with Crippen LogP contribution in [0.5, 0.6) is 11.5 Å². The minimum atomic E-state index is -3.80. The second kappa shape index (κ2) is 10.6. The van der Waals surface area contributed by atoms with Gasteiger partial charge in [-0.1, -0.05) is 41.9 Å². The van der Waals surface area contributed by atoms with E-state index >= 15 is 0 Å². The van der Waals surface area contributed by atoms with E-state index in [9.17, 15) is 13.2 Å². The third-order valence-corrected chi connectivity index (χ3v) is 7.59. The molecule has 0 atom stereocenters. The Morgan fingerprint density at radius 3 is 2.41 bits per heavy atom. The Labute approximate surface area is 203 Å². The summed E-state index contributed by atoms with van der Waals surface area (Å²) in [5.41, 5.74) is 1.76. The largest absolute Gasteiger partial charge is 0.496 e. The van der Waals surface area contributed by atoms with Gasteiger partial charge in [-0.3, -0.25) is 0 Å². The number of carbonyl (C=O) groups is 1. The van der Waals surface area contributed by atoms with E-state index in [1.807, 2.05) is 30.3 Å². The number of esters is 1. The van der Waals surface area contributed by atoms with E-state index in [0.29, 0.717) is 30.4 Å². The standard InChI is InChI=1S/C25H24ClNO6S/c1-31-24-10-8-21(34(29,30)27-11-13-32-14-12-27)17-22(24)25(28)33-23-9-7-20(26)16-19(23)15-18-5-3-2-4-6-18/h2-10,16-17H,11-15H2,1H3. The highest BCUT2D eigenvalue weighted by Gasteiger charge is 2.28. The molecule has 0 N–H and O–H groups in total. The molecule has 1 aliphatic rings. The van der Waals surface area contributed by atoms with E-state index in [-0.39, 0.29) is 29.3 Å². The van der Waals surface area contributed by atoms with Crippen molar-refractivity contribution < 1.29 is 27.4 Å². The van der Waals surface area contributed by atoms with Crippen LogP contribution in [0.3, 0.4) is 0 Å². The molecule has 1 aliphatic heterocycles. The molecule has 178 valence electrons. The maximum absolute atomic E-state index is 13.2. The van der Waals surface area contributed by atoms with Gasteiger partial charge in [0.15, 0.2) is 0 Å². The quantitative estimate of drug-likeness (QED) is 0.357. The molecule has 0 spiro atoms. The lowest BCUT2D eigenvalue weighted by Crippen LogP contribution is -2.40. The topological polar surface area (TPSA) is 82.1 Å². The van der Waals surface area contributed by atoms with Crippen molar-refractivity contribution >= 4 is 27.6 Å². The minimum Gasteiger partial charge on any atom is -0.496 e. The lowest BCUT2D eigenvalue weighted by atomic mass is 10.0. The van der Waals surface area contributed by atoms with Gasteiger partial charge in [0.05, 0.1) is 25.2 Å². The third kappa shape index (κ3) is 5.42. The van der Waals surface area contributed by atoms with Gasteiger partial charge in [-0.05, 0) is 42.0 Å². The highest BCUT2D eigenvalue weighted by molar-refractivity contribution is 7.89. The van der Waals surface area contributed by atoms with Gasteiger partial charge in [-0.25, -0.2) is 13.2 Å². The summed E-state index contributed by atoms with van der Waals surface area (Å²) in [5.74, 6) is -0.182. The van der Waals surface area contributed by atoms with Crippen LogP contribution in [0.15, 0.2) is 71.6 Å². The van der Waals surface area contributed by atoms with Crippen LogP contribution in [-0.4, -0.2) is 52.1 Å². The summed E-state index contributed by atoms with van der Waals surface area (Å²) in [6.45, 7) is 1.15. The third-order valence-electron chi connectivity index (χ3n) is 5.46. The van der Waals surface area contributed by atoms with Crippen molar-refractivity contribution in [2.24, 2.45) is 0 Å². The van der Waals surface area contributed by atoms with Crippen molar-refractivity contribution in [2.45, 2.75) is 11.3 Å². The molecular weight excluding hydrogens is 478 g/mol. The SMILES string of the molecule is COc1ccc(S(=O)(=O)N2CCOCC2)cc1C(=O)Oc1ccc(Cl)cc1Cc1ccccc1. The molecule has 34 heavy (non-hydrogen) atoms. The number of carbonyl (C=O) groups excluding carboxylic acids is 1.